The highest BCUT2D eigenvalue weighted by molar-refractivity contribution is 5.67. The van der Waals surface area contributed by atoms with Crippen molar-refractivity contribution >= 4 is 22.9 Å². The Hall–Kier alpha value is -4.40. The molecule has 2 aromatic carbocycles. The van der Waals surface area contributed by atoms with Crippen LogP contribution in [0.1, 0.15) is 27.9 Å². The van der Waals surface area contributed by atoms with Crippen LogP contribution in [0.3, 0.4) is 0 Å². The molecule has 1 aromatic heterocycles. The molecule has 0 atom stereocenters. The Morgan fingerprint density at radius 3 is 2.55 bits per heavy atom. The fourth-order valence-corrected chi connectivity index (χ4v) is 3.03. The average molecular weight is 458 g/mol. The van der Waals surface area contributed by atoms with Crippen LogP contribution in [-0.4, -0.2) is 9.91 Å². The molecule has 1 heterocycles. The first-order chi connectivity index (χ1) is 15.5. The number of nitro groups is 1. The second-order valence-corrected chi connectivity index (χ2v) is 6.87. The zero-order valence-electron chi connectivity index (χ0n) is 16.9. The summed E-state index contributed by atoms with van der Waals surface area (Å²) in [7, 11) is 0. The van der Waals surface area contributed by atoms with Gasteiger partial charge in [0.2, 0.25) is 0 Å². The van der Waals surface area contributed by atoms with Crippen molar-refractivity contribution in [3.8, 4) is 6.07 Å². The van der Waals surface area contributed by atoms with Crippen LogP contribution < -0.4 is 5.73 Å². The molecule has 0 unspecified atom stereocenters. The molecule has 168 valence electrons. The molecule has 0 radical (unpaired) electrons. The number of halogens is 4. The zero-order chi connectivity index (χ0) is 24.3. The minimum atomic E-state index is -4.52. The molecule has 0 fully saturated rings. The minimum Gasteiger partial charge on any atom is -0.382 e. The van der Waals surface area contributed by atoms with E-state index in [1.54, 1.807) is 0 Å². The van der Waals surface area contributed by atoms with E-state index < -0.39 is 28.2 Å². The van der Waals surface area contributed by atoms with Gasteiger partial charge in [-0.1, -0.05) is 18.2 Å². The van der Waals surface area contributed by atoms with Crippen molar-refractivity contribution in [1.29, 1.82) is 5.26 Å². The predicted molar refractivity (Wildman–Crippen MR) is 110 cm³/mol. The summed E-state index contributed by atoms with van der Waals surface area (Å²) >= 11 is 0. The smallest absolute Gasteiger partial charge is 0.382 e. The fourth-order valence-electron chi connectivity index (χ4n) is 3.03. The largest absolute Gasteiger partial charge is 0.416 e. The van der Waals surface area contributed by atoms with E-state index >= 15 is 0 Å². The summed E-state index contributed by atoms with van der Waals surface area (Å²) in [5.74, 6) is -1.15. The first-order valence-corrected chi connectivity index (χ1v) is 9.22. The van der Waals surface area contributed by atoms with E-state index in [9.17, 15) is 32.9 Å². The number of nitro benzene ring substituents is 1. The Kier molecular flexibility index (Phi) is 6.34. The van der Waals surface area contributed by atoms with Crippen molar-refractivity contribution in [1.82, 2.24) is 4.98 Å². The zero-order valence-corrected chi connectivity index (χ0v) is 16.9. The van der Waals surface area contributed by atoms with E-state index in [0.717, 1.165) is 24.3 Å². The normalized spacial score (nSPS) is 11.5. The molecule has 3 rings (SSSR count). The first kappa shape index (κ1) is 23.3. The van der Waals surface area contributed by atoms with Gasteiger partial charge >= 0.3 is 6.18 Å². The van der Waals surface area contributed by atoms with Crippen molar-refractivity contribution in [2.45, 2.75) is 19.5 Å². The van der Waals surface area contributed by atoms with Gasteiger partial charge in [0.1, 0.15) is 17.4 Å². The third kappa shape index (κ3) is 5.09. The van der Waals surface area contributed by atoms with Gasteiger partial charge in [0.15, 0.2) is 11.6 Å². The summed E-state index contributed by atoms with van der Waals surface area (Å²) in [5, 5.41) is 27.8. The number of benzene rings is 2. The van der Waals surface area contributed by atoms with Crippen molar-refractivity contribution in [2.75, 3.05) is 5.73 Å². The van der Waals surface area contributed by atoms with E-state index in [1.165, 1.54) is 19.1 Å². The number of nitrogen functional groups attached to an aromatic ring is 1. The molecule has 0 bridgehead atoms. The number of hydrogen-bond donors (Lipinski definition) is 1. The third-order valence-corrected chi connectivity index (χ3v) is 4.65. The molecule has 0 aliphatic heterocycles. The van der Waals surface area contributed by atoms with Crippen LogP contribution in [0.15, 0.2) is 52.7 Å². The number of anilines is 1. The van der Waals surface area contributed by atoms with E-state index in [4.69, 9.17) is 5.73 Å². The van der Waals surface area contributed by atoms with Gasteiger partial charge in [0.25, 0.3) is 5.69 Å². The van der Waals surface area contributed by atoms with Crippen LogP contribution >= 0.6 is 0 Å². The highest BCUT2D eigenvalue weighted by Crippen LogP contribution is 2.34. The molecule has 33 heavy (non-hydrogen) atoms. The number of nitrogens with two attached hydrogens (primary N) is 1. The Bertz CT molecular complexity index is 1320. The SMILES string of the molecule is Cc1c(C#N)c(Cc2cccc(C(F)(F)F)c2)nc(N)c1N=Nc1ccc([N+](=O)[O-])cc1F. The lowest BCUT2D eigenvalue weighted by atomic mass is 10.00. The van der Waals surface area contributed by atoms with Crippen molar-refractivity contribution in [2.24, 2.45) is 10.2 Å². The van der Waals surface area contributed by atoms with Crippen LogP contribution in [0, 0.1) is 34.2 Å². The molecule has 3 aromatic rings. The maximum Gasteiger partial charge on any atom is 0.416 e. The van der Waals surface area contributed by atoms with E-state index in [1.807, 2.05) is 6.07 Å². The van der Waals surface area contributed by atoms with Gasteiger partial charge in [-0.05, 0) is 30.2 Å². The lowest BCUT2D eigenvalue weighted by Gasteiger charge is -2.12. The average Bonchev–Trinajstić information content (AvgIpc) is 2.74. The Morgan fingerprint density at radius 2 is 1.94 bits per heavy atom. The number of hydrogen-bond acceptors (Lipinski definition) is 7. The van der Waals surface area contributed by atoms with Gasteiger partial charge in [-0.15, -0.1) is 10.2 Å². The lowest BCUT2D eigenvalue weighted by molar-refractivity contribution is -0.385. The van der Waals surface area contributed by atoms with Gasteiger partial charge in [0.05, 0.1) is 27.8 Å². The van der Waals surface area contributed by atoms with Crippen LogP contribution in [0.2, 0.25) is 0 Å². The Balaban J connectivity index is 1.97. The Labute approximate surface area is 184 Å². The molecule has 0 aliphatic rings. The number of pyridine rings is 1. The monoisotopic (exact) mass is 458 g/mol. The maximum absolute atomic E-state index is 14.0. The molecule has 2 N–H and O–H groups in total. The molecule has 0 amide bonds. The summed E-state index contributed by atoms with van der Waals surface area (Å²) < 4.78 is 53.0. The minimum absolute atomic E-state index is 0.0305. The van der Waals surface area contributed by atoms with Gasteiger partial charge in [0, 0.05) is 12.5 Å². The van der Waals surface area contributed by atoms with Gasteiger partial charge < -0.3 is 5.73 Å². The summed E-state index contributed by atoms with van der Waals surface area (Å²) in [6.07, 6.45) is -4.61. The highest BCUT2D eigenvalue weighted by atomic mass is 19.4. The van der Waals surface area contributed by atoms with Crippen LogP contribution in [-0.2, 0) is 12.6 Å². The van der Waals surface area contributed by atoms with Gasteiger partial charge in [-0.3, -0.25) is 10.1 Å². The number of nitriles is 1. The number of alkyl halides is 3. The van der Waals surface area contributed by atoms with E-state index in [0.29, 0.717) is 6.07 Å². The van der Waals surface area contributed by atoms with Crippen molar-refractivity contribution in [3.63, 3.8) is 0 Å². The summed E-state index contributed by atoms with van der Waals surface area (Å²) in [6.45, 7) is 1.49. The topological polar surface area (TPSA) is 131 Å². The van der Waals surface area contributed by atoms with Crippen molar-refractivity contribution in [3.05, 3.63) is 86.3 Å². The van der Waals surface area contributed by atoms with Crippen molar-refractivity contribution < 1.29 is 22.5 Å². The molecule has 8 nitrogen and oxygen atoms in total. The predicted octanol–water partition coefficient (Wildman–Crippen LogP) is 5.92. The molecule has 0 saturated heterocycles. The second-order valence-electron chi connectivity index (χ2n) is 6.87. The fraction of sp³-hybridized carbons (Fsp3) is 0.143. The molecule has 0 aliphatic carbocycles. The van der Waals surface area contributed by atoms with E-state index in [-0.39, 0.29) is 46.0 Å². The quantitative estimate of drug-likeness (QED) is 0.220. The molecule has 0 saturated carbocycles. The number of non-ortho nitro benzene ring substituents is 1. The van der Waals surface area contributed by atoms with Crippen LogP contribution in [0.25, 0.3) is 0 Å². The van der Waals surface area contributed by atoms with Crippen LogP contribution in [0.5, 0.6) is 0 Å². The van der Waals surface area contributed by atoms with Gasteiger partial charge in [-0.2, -0.15) is 18.4 Å². The summed E-state index contributed by atoms with van der Waals surface area (Å²) in [5.41, 5.74) is 5.01. The van der Waals surface area contributed by atoms with E-state index in [2.05, 4.69) is 15.2 Å². The lowest BCUT2D eigenvalue weighted by Crippen LogP contribution is -2.07. The Morgan fingerprint density at radius 1 is 1.21 bits per heavy atom. The molecular formula is C21H14F4N6O2. The molecule has 0 spiro atoms. The van der Waals surface area contributed by atoms with Crippen LogP contribution in [0.4, 0.5) is 40.4 Å². The molecular weight excluding hydrogens is 444 g/mol. The number of rotatable bonds is 5. The summed E-state index contributed by atoms with van der Waals surface area (Å²) in [4.78, 5) is 14.0. The highest BCUT2D eigenvalue weighted by Gasteiger charge is 2.30. The maximum atomic E-state index is 14.0. The number of azo groups is 1. The number of aromatic nitrogens is 1. The standard InChI is InChI=1S/C21H14F4N6O2/c1-11-15(10-26)18(8-12-3-2-4-13(7-12)21(23,24)25)28-20(27)19(11)30-29-17-6-5-14(31(32)33)9-16(17)22/h2-7,9H,8H2,1H3,(H2,27,28). The number of nitrogens with zero attached hydrogens (tertiary/aromatic N) is 5. The second kappa shape index (κ2) is 8.99. The first-order valence-electron chi connectivity index (χ1n) is 9.22. The summed E-state index contributed by atoms with van der Waals surface area (Å²) in [6, 6.07) is 9.33. The van der Waals surface area contributed by atoms with Gasteiger partial charge in [-0.25, -0.2) is 9.37 Å². The third-order valence-electron chi connectivity index (χ3n) is 4.65. The molecule has 12 heteroatoms.